The minimum absolute atomic E-state index is 0.238. The van der Waals surface area contributed by atoms with Gasteiger partial charge in [-0.05, 0) is 24.8 Å². The van der Waals surface area contributed by atoms with Gasteiger partial charge in [0.25, 0.3) is 0 Å². The van der Waals surface area contributed by atoms with Crippen molar-refractivity contribution in [2.75, 3.05) is 0 Å². The van der Waals surface area contributed by atoms with Crippen molar-refractivity contribution in [1.29, 1.82) is 0 Å². The minimum Gasteiger partial charge on any atom is -0.327 e. The molecule has 0 amide bonds. The Labute approximate surface area is 85.6 Å². The van der Waals surface area contributed by atoms with Gasteiger partial charge in [-0.15, -0.1) is 6.58 Å². The van der Waals surface area contributed by atoms with Crippen LogP contribution in [-0.2, 0) is 5.41 Å². The van der Waals surface area contributed by atoms with Crippen LogP contribution in [0.5, 0.6) is 0 Å². The topological polar surface area (TPSA) is 26.0 Å². The molecule has 2 rings (SSSR count). The Kier molecular flexibility index (Phi) is 2.42. The van der Waals surface area contributed by atoms with E-state index in [1.165, 1.54) is 18.4 Å². The molecule has 1 heteroatoms. The monoisotopic (exact) mass is 187 g/mol. The highest BCUT2D eigenvalue weighted by atomic mass is 14.7. The summed E-state index contributed by atoms with van der Waals surface area (Å²) in [5.74, 6) is 0. The summed E-state index contributed by atoms with van der Waals surface area (Å²) in [6.07, 6.45) is 5.29. The van der Waals surface area contributed by atoms with Crippen LogP contribution in [0.4, 0.5) is 0 Å². The molecule has 2 N–H and O–H groups in total. The molecule has 1 saturated carbocycles. The molecule has 1 nitrogen and oxygen atoms in total. The maximum absolute atomic E-state index is 6.19. The van der Waals surface area contributed by atoms with Gasteiger partial charge in [-0.2, -0.15) is 0 Å². The van der Waals surface area contributed by atoms with Crippen molar-refractivity contribution in [3.63, 3.8) is 0 Å². The zero-order chi connectivity index (χ0) is 10.0. The van der Waals surface area contributed by atoms with E-state index in [9.17, 15) is 0 Å². The van der Waals surface area contributed by atoms with Gasteiger partial charge in [0.2, 0.25) is 0 Å². The molecule has 1 aromatic carbocycles. The summed E-state index contributed by atoms with van der Waals surface area (Å²) in [4.78, 5) is 0. The van der Waals surface area contributed by atoms with E-state index in [4.69, 9.17) is 5.73 Å². The SMILES string of the molecule is C=CCC(N)C1(c2ccccc2)CC1. The van der Waals surface area contributed by atoms with Crippen LogP contribution < -0.4 is 5.73 Å². The highest BCUT2D eigenvalue weighted by Crippen LogP contribution is 2.50. The predicted octanol–water partition coefficient (Wildman–Crippen LogP) is 2.62. The van der Waals surface area contributed by atoms with E-state index in [1.807, 2.05) is 6.08 Å². The van der Waals surface area contributed by atoms with Crippen molar-refractivity contribution in [3.8, 4) is 0 Å². The number of hydrogen-bond donors (Lipinski definition) is 1. The van der Waals surface area contributed by atoms with Gasteiger partial charge >= 0.3 is 0 Å². The van der Waals surface area contributed by atoms with Gasteiger partial charge in [-0.25, -0.2) is 0 Å². The van der Waals surface area contributed by atoms with E-state index in [0.29, 0.717) is 0 Å². The molecule has 0 heterocycles. The third kappa shape index (κ3) is 1.48. The highest BCUT2D eigenvalue weighted by Gasteiger charge is 2.48. The first-order valence-electron chi connectivity index (χ1n) is 5.21. The van der Waals surface area contributed by atoms with Crippen molar-refractivity contribution >= 4 is 0 Å². The fraction of sp³-hybridized carbons (Fsp3) is 0.385. The van der Waals surface area contributed by atoms with Crippen LogP contribution in [0.25, 0.3) is 0 Å². The van der Waals surface area contributed by atoms with Gasteiger partial charge in [0.05, 0.1) is 0 Å². The second kappa shape index (κ2) is 3.58. The van der Waals surface area contributed by atoms with E-state index in [1.54, 1.807) is 0 Å². The summed E-state index contributed by atoms with van der Waals surface area (Å²) in [5, 5.41) is 0. The Morgan fingerprint density at radius 3 is 2.50 bits per heavy atom. The molecule has 1 aliphatic rings. The Hall–Kier alpha value is -1.08. The smallest absolute Gasteiger partial charge is 0.0171 e. The first-order chi connectivity index (χ1) is 6.79. The van der Waals surface area contributed by atoms with Crippen LogP contribution in [0.15, 0.2) is 43.0 Å². The number of rotatable bonds is 4. The fourth-order valence-corrected chi connectivity index (χ4v) is 2.18. The summed E-state index contributed by atoms with van der Waals surface area (Å²) >= 11 is 0. The molecule has 0 aromatic heterocycles. The van der Waals surface area contributed by atoms with E-state index >= 15 is 0 Å². The standard InChI is InChI=1S/C13H17N/c1-2-6-12(14)13(9-10-13)11-7-4-3-5-8-11/h2-5,7-8,12H,1,6,9-10,14H2. The van der Waals surface area contributed by atoms with Gasteiger partial charge in [0.1, 0.15) is 0 Å². The molecular formula is C13H17N. The van der Waals surface area contributed by atoms with Crippen LogP contribution in [0, 0.1) is 0 Å². The molecule has 1 aromatic rings. The van der Waals surface area contributed by atoms with Gasteiger partial charge in [-0.3, -0.25) is 0 Å². The largest absolute Gasteiger partial charge is 0.327 e. The van der Waals surface area contributed by atoms with Crippen LogP contribution in [0.2, 0.25) is 0 Å². The van der Waals surface area contributed by atoms with Crippen molar-refractivity contribution in [2.45, 2.75) is 30.7 Å². The number of benzene rings is 1. The summed E-state index contributed by atoms with van der Waals surface area (Å²) in [6.45, 7) is 3.76. The normalized spacial score (nSPS) is 20.1. The molecule has 14 heavy (non-hydrogen) atoms. The Balaban J connectivity index is 2.21. The summed E-state index contributed by atoms with van der Waals surface area (Å²) in [5.41, 5.74) is 7.84. The molecule has 0 aliphatic heterocycles. The van der Waals surface area contributed by atoms with E-state index in [-0.39, 0.29) is 11.5 Å². The Morgan fingerprint density at radius 2 is 2.00 bits per heavy atom. The summed E-state index contributed by atoms with van der Waals surface area (Å²) in [6, 6.07) is 10.9. The maximum atomic E-state index is 6.19. The van der Waals surface area contributed by atoms with Gasteiger partial charge in [0.15, 0.2) is 0 Å². The number of nitrogens with two attached hydrogens (primary N) is 1. The van der Waals surface area contributed by atoms with Crippen LogP contribution >= 0.6 is 0 Å². The third-order valence-corrected chi connectivity index (χ3v) is 3.27. The van der Waals surface area contributed by atoms with Gasteiger partial charge in [0, 0.05) is 11.5 Å². The first kappa shape index (κ1) is 9.47. The minimum atomic E-state index is 0.238. The van der Waals surface area contributed by atoms with Crippen LogP contribution in [-0.4, -0.2) is 6.04 Å². The quantitative estimate of drug-likeness (QED) is 0.720. The predicted molar refractivity (Wildman–Crippen MR) is 60.1 cm³/mol. The van der Waals surface area contributed by atoms with Crippen LogP contribution in [0.1, 0.15) is 24.8 Å². The average molecular weight is 187 g/mol. The lowest BCUT2D eigenvalue weighted by atomic mass is 9.87. The zero-order valence-electron chi connectivity index (χ0n) is 8.45. The first-order valence-corrected chi connectivity index (χ1v) is 5.21. The molecule has 74 valence electrons. The molecule has 0 spiro atoms. The van der Waals surface area contributed by atoms with Crippen LogP contribution in [0.3, 0.4) is 0 Å². The van der Waals surface area contributed by atoms with Crippen molar-refractivity contribution in [2.24, 2.45) is 5.73 Å². The number of hydrogen-bond acceptors (Lipinski definition) is 1. The zero-order valence-corrected chi connectivity index (χ0v) is 8.45. The summed E-state index contributed by atoms with van der Waals surface area (Å²) < 4.78 is 0. The van der Waals surface area contributed by atoms with E-state index in [0.717, 1.165) is 6.42 Å². The summed E-state index contributed by atoms with van der Waals surface area (Å²) in [7, 11) is 0. The van der Waals surface area contributed by atoms with Gasteiger partial charge < -0.3 is 5.73 Å². The average Bonchev–Trinajstić information content (AvgIpc) is 3.00. The molecule has 1 fully saturated rings. The van der Waals surface area contributed by atoms with Crippen molar-refractivity contribution in [3.05, 3.63) is 48.6 Å². The molecule has 0 saturated heterocycles. The van der Waals surface area contributed by atoms with E-state index < -0.39 is 0 Å². The maximum Gasteiger partial charge on any atom is 0.0171 e. The van der Waals surface area contributed by atoms with Crippen molar-refractivity contribution < 1.29 is 0 Å². The van der Waals surface area contributed by atoms with Gasteiger partial charge in [-0.1, -0.05) is 36.4 Å². The fourth-order valence-electron chi connectivity index (χ4n) is 2.18. The van der Waals surface area contributed by atoms with E-state index in [2.05, 4.69) is 36.9 Å². The third-order valence-electron chi connectivity index (χ3n) is 3.27. The molecule has 1 aliphatic carbocycles. The second-order valence-corrected chi connectivity index (χ2v) is 4.15. The molecular weight excluding hydrogens is 170 g/mol. The Morgan fingerprint density at radius 1 is 1.36 bits per heavy atom. The molecule has 0 bridgehead atoms. The highest BCUT2D eigenvalue weighted by molar-refractivity contribution is 5.33. The lowest BCUT2D eigenvalue weighted by Crippen LogP contribution is -2.34. The van der Waals surface area contributed by atoms with Crippen molar-refractivity contribution in [1.82, 2.24) is 0 Å². The molecule has 1 atom stereocenters. The lowest BCUT2D eigenvalue weighted by Gasteiger charge is -2.22. The molecule has 0 radical (unpaired) electrons. The second-order valence-electron chi connectivity index (χ2n) is 4.15. The molecule has 1 unspecified atom stereocenters. The Bertz CT molecular complexity index is 311. The lowest BCUT2D eigenvalue weighted by molar-refractivity contribution is 0.522.